The molecule has 0 saturated heterocycles. The smallest absolute Gasteiger partial charge is 0.248 e. The Morgan fingerprint density at radius 2 is 1.65 bits per heavy atom. The van der Waals surface area contributed by atoms with Crippen LogP contribution in [0.15, 0.2) is 83.7 Å². The summed E-state index contributed by atoms with van der Waals surface area (Å²) in [6, 6.07) is 25.4. The molecule has 0 saturated carbocycles. The second kappa shape index (κ2) is 10.1. The summed E-state index contributed by atoms with van der Waals surface area (Å²) < 4.78 is 6.10. The lowest BCUT2D eigenvalue weighted by Gasteiger charge is -2.44. The molecule has 37 heavy (non-hydrogen) atoms. The Morgan fingerprint density at radius 3 is 2.30 bits per heavy atom. The molecule has 0 unspecified atom stereocenters. The second-order valence-electron chi connectivity index (χ2n) is 10.1. The highest BCUT2D eigenvalue weighted by atomic mass is 16.5. The van der Waals surface area contributed by atoms with E-state index in [2.05, 4.69) is 53.5 Å². The number of rotatable bonds is 9. The van der Waals surface area contributed by atoms with Gasteiger partial charge >= 0.3 is 0 Å². The largest absolute Gasteiger partial charge is 0.487 e. The van der Waals surface area contributed by atoms with E-state index in [1.54, 1.807) is 13.0 Å². The Kier molecular flexibility index (Phi) is 6.90. The Morgan fingerprint density at radius 1 is 0.973 bits per heavy atom. The number of hydrazine groups is 1. The number of nitrogens with one attached hydrogen (secondary N) is 2. The van der Waals surface area contributed by atoms with E-state index in [1.165, 1.54) is 17.2 Å². The molecular weight excluding hydrogens is 462 g/mol. The van der Waals surface area contributed by atoms with Crippen molar-refractivity contribution >= 4 is 10.9 Å². The van der Waals surface area contributed by atoms with Crippen LogP contribution in [0.4, 0.5) is 0 Å². The van der Waals surface area contributed by atoms with Gasteiger partial charge in [0.05, 0.1) is 5.52 Å². The SMILES string of the molecule is CCN(N[C@](C)(O)c1ccc(OCc2ccccc2)c2[nH]c(=O)ccc12)C1(CC)Cc2ccccc2C1. The highest BCUT2D eigenvalue weighted by molar-refractivity contribution is 5.88. The zero-order valence-corrected chi connectivity index (χ0v) is 21.8. The molecule has 0 fully saturated rings. The number of hydrogen-bond acceptors (Lipinski definition) is 5. The summed E-state index contributed by atoms with van der Waals surface area (Å²) in [6.45, 7) is 7.20. The van der Waals surface area contributed by atoms with Crippen LogP contribution in [0, 0.1) is 0 Å². The lowest BCUT2D eigenvalue weighted by Crippen LogP contribution is -2.61. The number of aromatic amines is 1. The first-order valence-corrected chi connectivity index (χ1v) is 13.0. The number of aromatic nitrogens is 1. The number of benzene rings is 3. The summed E-state index contributed by atoms with van der Waals surface area (Å²) in [6.07, 6.45) is 2.80. The van der Waals surface area contributed by atoms with Gasteiger partial charge in [0.15, 0.2) is 5.72 Å². The Balaban J connectivity index is 1.46. The van der Waals surface area contributed by atoms with Gasteiger partial charge in [-0.1, -0.05) is 74.5 Å². The highest BCUT2D eigenvalue weighted by Crippen LogP contribution is 2.38. The van der Waals surface area contributed by atoms with Gasteiger partial charge in [-0.2, -0.15) is 0 Å². The molecule has 192 valence electrons. The Labute approximate surface area is 217 Å². The topological polar surface area (TPSA) is 77.6 Å². The molecule has 5 rings (SSSR count). The maximum atomic E-state index is 12.3. The van der Waals surface area contributed by atoms with Gasteiger partial charge in [-0.15, -0.1) is 0 Å². The number of hydrogen-bond donors (Lipinski definition) is 3. The van der Waals surface area contributed by atoms with E-state index < -0.39 is 5.72 Å². The lowest BCUT2D eigenvalue weighted by atomic mass is 9.91. The molecule has 0 aliphatic heterocycles. The average Bonchev–Trinajstić information content (AvgIpc) is 3.31. The third-order valence-electron chi connectivity index (χ3n) is 7.68. The van der Waals surface area contributed by atoms with E-state index >= 15 is 0 Å². The maximum absolute atomic E-state index is 12.3. The third-order valence-corrected chi connectivity index (χ3v) is 7.68. The number of fused-ring (bicyclic) bond motifs is 2. The van der Waals surface area contributed by atoms with E-state index in [0.29, 0.717) is 23.4 Å². The van der Waals surface area contributed by atoms with Gasteiger partial charge in [0.1, 0.15) is 12.4 Å². The van der Waals surface area contributed by atoms with Crippen molar-refractivity contribution in [2.45, 2.75) is 57.9 Å². The zero-order chi connectivity index (χ0) is 26.0. The number of pyridine rings is 1. The van der Waals surface area contributed by atoms with Gasteiger partial charge in [0, 0.05) is 29.1 Å². The van der Waals surface area contributed by atoms with Gasteiger partial charge in [-0.25, -0.2) is 10.4 Å². The van der Waals surface area contributed by atoms with Crippen molar-refractivity contribution in [3.05, 3.63) is 111 Å². The van der Waals surface area contributed by atoms with Crippen LogP contribution in [0.1, 0.15) is 49.4 Å². The summed E-state index contributed by atoms with van der Waals surface area (Å²) in [7, 11) is 0. The fourth-order valence-corrected chi connectivity index (χ4v) is 5.67. The molecule has 0 bridgehead atoms. The predicted octanol–water partition coefficient (Wildman–Crippen LogP) is 5.05. The van der Waals surface area contributed by atoms with Crippen molar-refractivity contribution in [1.29, 1.82) is 0 Å². The fourth-order valence-electron chi connectivity index (χ4n) is 5.67. The number of ether oxygens (including phenoxy) is 1. The van der Waals surface area contributed by atoms with E-state index in [-0.39, 0.29) is 11.1 Å². The first-order chi connectivity index (χ1) is 17.8. The molecule has 1 atom stereocenters. The minimum absolute atomic E-state index is 0.134. The Hall–Kier alpha value is -3.45. The molecule has 1 heterocycles. The van der Waals surface area contributed by atoms with Crippen molar-refractivity contribution in [2.24, 2.45) is 0 Å². The van der Waals surface area contributed by atoms with Gasteiger partial charge in [-0.3, -0.25) is 4.79 Å². The van der Waals surface area contributed by atoms with Gasteiger partial charge in [0.25, 0.3) is 0 Å². The molecule has 6 heteroatoms. The van der Waals surface area contributed by atoms with Gasteiger partial charge < -0.3 is 14.8 Å². The molecule has 3 aromatic carbocycles. The Bertz CT molecular complexity index is 1420. The number of nitrogens with zero attached hydrogens (tertiary/aromatic N) is 1. The summed E-state index contributed by atoms with van der Waals surface area (Å²) >= 11 is 0. The summed E-state index contributed by atoms with van der Waals surface area (Å²) in [5.74, 6) is 0.569. The molecule has 1 aliphatic carbocycles. The van der Waals surface area contributed by atoms with E-state index in [4.69, 9.17) is 4.74 Å². The minimum Gasteiger partial charge on any atom is -0.487 e. The van der Waals surface area contributed by atoms with Crippen LogP contribution in [0.25, 0.3) is 10.9 Å². The normalized spacial score (nSPS) is 16.0. The lowest BCUT2D eigenvalue weighted by molar-refractivity contribution is -0.0947. The molecular formula is C31H35N3O3. The fraction of sp³-hybridized carbons (Fsp3) is 0.323. The molecule has 3 N–H and O–H groups in total. The molecule has 0 amide bonds. The van der Waals surface area contributed by atoms with E-state index in [9.17, 15) is 9.90 Å². The number of likely N-dealkylation sites (N-methyl/N-ethyl adjacent to an activating group) is 1. The molecule has 6 nitrogen and oxygen atoms in total. The number of H-pyrrole nitrogens is 1. The van der Waals surface area contributed by atoms with Crippen molar-refractivity contribution < 1.29 is 9.84 Å². The first-order valence-electron chi connectivity index (χ1n) is 13.0. The van der Waals surface area contributed by atoms with E-state index in [0.717, 1.165) is 36.8 Å². The van der Waals surface area contributed by atoms with Crippen molar-refractivity contribution in [3.8, 4) is 5.75 Å². The molecule has 1 aliphatic rings. The van der Waals surface area contributed by atoms with Crippen LogP contribution in [-0.2, 0) is 25.2 Å². The summed E-state index contributed by atoms with van der Waals surface area (Å²) in [5, 5.41) is 14.8. The van der Waals surface area contributed by atoms with Crippen molar-refractivity contribution in [2.75, 3.05) is 6.54 Å². The second-order valence-corrected chi connectivity index (χ2v) is 10.1. The standard InChI is InChI=1S/C31H35N3O3/c1-4-31(19-23-13-9-10-14-24(23)20-31)34(5-2)33-30(3,36)26-16-17-27(29-25(26)15-18-28(35)32-29)37-21-22-11-7-6-8-12-22/h6-18,33,36H,4-5,19-21H2,1-3H3,(H,32,35)/t30-/m1/s1. The van der Waals surface area contributed by atoms with Crippen molar-refractivity contribution in [3.63, 3.8) is 0 Å². The van der Waals surface area contributed by atoms with Crippen LogP contribution in [0.2, 0.25) is 0 Å². The molecule has 0 spiro atoms. The van der Waals surface area contributed by atoms with Gasteiger partial charge in [0.2, 0.25) is 5.56 Å². The maximum Gasteiger partial charge on any atom is 0.248 e. The van der Waals surface area contributed by atoms with Gasteiger partial charge in [-0.05, 0) is 55.0 Å². The van der Waals surface area contributed by atoms with Crippen LogP contribution >= 0.6 is 0 Å². The molecule has 4 aromatic rings. The van der Waals surface area contributed by atoms with Crippen LogP contribution in [0.5, 0.6) is 5.75 Å². The average molecular weight is 498 g/mol. The monoisotopic (exact) mass is 497 g/mol. The van der Waals surface area contributed by atoms with Crippen LogP contribution in [-0.4, -0.2) is 27.2 Å². The summed E-state index contributed by atoms with van der Waals surface area (Å²) in [5.41, 5.74) is 6.75. The first kappa shape index (κ1) is 25.2. The highest BCUT2D eigenvalue weighted by Gasteiger charge is 2.43. The third kappa shape index (κ3) is 4.92. The quantitative estimate of drug-likeness (QED) is 0.223. The predicted molar refractivity (Wildman–Crippen MR) is 147 cm³/mol. The number of aliphatic hydroxyl groups is 1. The zero-order valence-electron chi connectivity index (χ0n) is 21.8. The summed E-state index contributed by atoms with van der Waals surface area (Å²) in [4.78, 5) is 15.2. The van der Waals surface area contributed by atoms with E-state index in [1.807, 2.05) is 42.5 Å². The van der Waals surface area contributed by atoms with Crippen molar-refractivity contribution in [1.82, 2.24) is 15.4 Å². The molecule has 1 aromatic heterocycles. The van der Waals surface area contributed by atoms with Crippen LogP contribution < -0.4 is 15.7 Å². The molecule has 0 radical (unpaired) electrons. The van der Waals surface area contributed by atoms with Crippen LogP contribution in [0.3, 0.4) is 0 Å². The minimum atomic E-state index is -1.39.